The Morgan fingerprint density at radius 2 is 1.90 bits per heavy atom. The lowest BCUT2D eigenvalue weighted by atomic mass is 9.98. The molecule has 2 aliphatic rings. The minimum absolute atomic E-state index is 0.220. The number of nitrogens with zero attached hydrogens (tertiary/aromatic N) is 4. The second-order valence-corrected chi connectivity index (χ2v) is 13.0. The summed E-state index contributed by atoms with van der Waals surface area (Å²) >= 11 is 0. The van der Waals surface area contributed by atoms with Crippen LogP contribution >= 0.6 is 0 Å². The van der Waals surface area contributed by atoms with Gasteiger partial charge >= 0.3 is 0 Å². The number of hydrogen-bond donors (Lipinski definition) is 2. The van der Waals surface area contributed by atoms with Gasteiger partial charge in [-0.25, -0.2) is 18.4 Å². The number of carbonyl (C=O) groups is 1. The smallest absolute Gasteiger partial charge is 0.248 e. The number of primary amides is 1. The molecule has 214 valence electrons. The molecule has 1 aliphatic carbocycles. The second-order valence-electron chi connectivity index (χ2n) is 11.1. The molecule has 1 saturated heterocycles. The van der Waals surface area contributed by atoms with Crippen molar-refractivity contribution >= 4 is 27.4 Å². The van der Waals surface area contributed by atoms with E-state index in [4.69, 9.17) is 20.4 Å². The van der Waals surface area contributed by atoms with E-state index in [-0.39, 0.29) is 4.90 Å². The number of ether oxygens (including phenoxy) is 1. The number of benzene rings is 2. The standard InChI is InChI=1S/C30H34N6O4S/c1-19(2)16-32-29-30-33-17-27(22-8-9-24(28(31)37)25(15-22)20-6-7-20)36(30)18-26(34-29)21-4-3-5-23(14-21)41(38,39)35-10-12-40-13-11-35/h3-5,8-9,14-15,17-20H,6-7,10-13,16H2,1-2H3,(H2,31,37)(H,32,34). The first-order chi connectivity index (χ1) is 19.7. The second kappa shape index (κ2) is 10.9. The number of carbonyl (C=O) groups excluding carboxylic acids is 1. The molecule has 0 atom stereocenters. The highest BCUT2D eigenvalue weighted by molar-refractivity contribution is 7.89. The average molecular weight is 575 g/mol. The Morgan fingerprint density at radius 1 is 1.12 bits per heavy atom. The number of nitrogens with two attached hydrogens (primary N) is 1. The molecule has 41 heavy (non-hydrogen) atoms. The number of imidazole rings is 1. The van der Waals surface area contributed by atoms with Crippen molar-refractivity contribution in [3.8, 4) is 22.5 Å². The van der Waals surface area contributed by atoms with Crippen LogP contribution in [0.5, 0.6) is 0 Å². The van der Waals surface area contributed by atoms with Crippen LogP contribution in [0.4, 0.5) is 5.82 Å². The van der Waals surface area contributed by atoms with E-state index in [1.165, 1.54) is 4.31 Å². The van der Waals surface area contributed by atoms with Crippen LogP contribution in [0.3, 0.4) is 0 Å². The van der Waals surface area contributed by atoms with Crippen LogP contribution in [-0.4, -0.2) is 65.8 Å². The molecule has 2 fully saturated rings. The number of amides is 1. The summed E-state index contributed by atoms with van der Waals surface area (Å²) in [5.41, 5.74) is 10.9. The van der Waals surface area contributed by atoms with Crippen LogP contribution in [-0.2, 0) is 14.8 Å². The molecule has 0 spiro atoms. The van der Waals surface area contributed by atoms with Gasteiger partial charge in [-0.2, -0.15) is 4.31 Å². The topological polar surface area (TPSA) is 132 Å². The zero-order chi connectivity index (χ0) is 28.7. The summed E-state index contributed by atoms with van der Waals surface area (Å²) in [7, 11) is -3.67. The Bertz CT molecular complexity index is 1720. The number of rotatable bonds is 9. The Balaban J connectivity index is 1.46. The average Bonchev–Trinajstić information content (AvgIpc) is 3.74. The summed E-state index contributed by atoms with van der Waals surface area (Å²) in [6.07, 6.45) is 5.77. The van der Waals surface area contributed by atoms with Crippen LogP contribution < -0.4 is 11.1 Å². The number of sulfonamides is 1. The van der Waals surface area contributed by atoms with Crippen LogP contribution in [0.1, 0.15) is 48.5 Å². The third-order valence-corrected chi connectivity index (χ3v) is 9.43. The van der Waals surface area contributed by atoms with Gasteiger partial charge in [-0.05, 0) is 54.5 Å². The van der Waals surface area contributed by atoms with Gasteiger partial charge in [-0.15, -0.1) is 0 Å². The van der Waals surface area contributed by atoms with E-state index in [1.807, 2.05) is 28.8 Å². The first kappa shape index (κ1) is 27.4. The molecule has 3 heterocycles. The molecule has 11 heteroatoms. The van der Waals surface area contributed by atoms with Crippen molar-refractivity contribution in [2.45, 2.75) is 37.5 Å². The van der Waals surface area contributed by atoms with Gasteiger partial charge < -0.3 is 15.8 Å². The summed E-state index contributed by atoms with van der Waals surface area (Å²) in [6, 6.07) is 12.6. The molecule has 0 bridgehead atoms. The van der Waals surface area contributed by atoms with E-state index in [1.54, 1.807) is 30.5 Å². The fraction of sp³-hybridized carbons (Fsp3) is 0.367. The highest BCUT2D eigenvalue weighted by atomic mass is 32.2. The van der Waals surface area contributed by atoms with Crippen LogP contribution in [0, 0.1) is 5.92 Å². The summed E-state index contributed by atoms with van der Waals surface area (Å²) in [5.74, 6) is 0.905. The van der Waals surface area contributed by atoms with E-state index in [0.29, 0.717) is 73.0 Å². The quantitative estimate of drug-likeness (QED) is 0.307. The Morgan fingerprint density at radius 3 is 2.61 bits per heavy atom. The summed E-state index contributed by atoms with van der Waals surface area (Å²) in [5, 5.41) is 3.43. The molecule has 2 aromatic heterocycles. The van der Waals surface area contributed by atoms with E-state index in [0.717, 1.165) is 29.7 Å². The molecule has 2 aromatic carbocycles. The van der Waals surface area contributed by atoms with E-state index in [9.17, 15) is 13.2 Å². The van der Waals surface area contributed by atoms with Crippen LogP contribution in [0.25, 0.3) is 28.2 Å². The van der Waals surface area contributed by atoms with Gasteiger partial charge in [0, 0.05) is 42.5 Å². The maximum absolute atomic E-state index is 13.4. The lowest BCUT2D eigenvalue weighted by Gasteiger charge is -2.26. The van der Waals surface area contributed by atoms with E-state index in [2.05, 4.69) is 19.2 Å². The third kappa shape index (κ3) is 5.44. The molecular formula is C30H34N6O4S. The van der Waals surface area contributed by atoms with E-state index < -0.39 is 15.9 Å². The summed E-state index contributed by atoms with van der Waals surface area (Å²) < 4.78 is 35.5. The number of aromatic nitrogens is 3. The molecule has 1 saturated carbocycles. The molecule has 1 amide bonds. The molecule has 0 unspecified atom stereocenters. The molecule has 4 aromatic rings. The van der Waals surface area contributed by atoms with Crippen molar-refractivity contribution in [2.75, 3.05) is 38.2 Å². The van der Waals surface area contributed by atoms with Gasteiger partial charge in [0.2, 0.25) is 15.9 Å². The number of anilines is 1. The number of morpholine rings is 1. The first-order valence-electron chi connectivity index (χ1n) is 14.0. The van der Waals surface area contributed by atoms with Crippen molar-refractivity contribution in [3.63, 3.8) is 0 Å². The highest BCUT2D eigenvalue weighted by Crippen LogP contribution is 2.43. The van der Waals surface area contributed by atoms with Gasteiger partial charge in [0.25, 0.3) is 0 Å². The van der Waals surface area contributed by atoms with Crippen molar-refractivity contribution in [1.82, 2.24) is 18.7 Å². The lowest BCUT2D eigenvalue weighted by Crippen LogP contribution is -2.40. The molecule has 3 N–H and O–H groups in total. The number of hydrogen-bond acceptors (Lipinski definition) is 7. The number of fused-ring (bicyclic) bond motifs is 1. The predicted octanol–water partition coefficient (Wildman–Crippen LogP) is 4.13. The zero-order valence-electron chi connectivity index (χ0n) is 23.2. The minimum Gasteiger partial charge on any atom is -0.379 e. The van der Waals surface area contributed by atoms with Crippen LogP contribution in [0.2, 0.25) is 0 Å². The predicted molar refractivity (Wildman–Crippen MR) is 157 cm³/mol. The van der Waals surface area contributed by atoms with Crippen molar-refractivity contribution < 1.29 is 17.9 Å². The number of nitrogens with one attached hydrogen (secondary N) is 1. The zero-order valence-corrected chi connectivity index (χ0v) is 24.0. The van der Waals surface area contributed by atoms with Crippen molar-refractivity contribution in [1.29, 1.82) is 0 Å². The molecule has 6 rings (SSSR count). The van der Waals surface area contributed by atoms with E-state index >= 15 is 0 Å². The molecule has 0 radical (unpaired) electrons. The Kier molecular flexibility index (Phi) is 7.27. The van der Waals surface area contributed by atoms with Gasteiger partial charge in [-0.1, -0.05) is 32.0 Å². The SMILES string of the molecule is CC(C)CNc1nc(-c2cccc(S(=O)(=O)N3CCOCC3)c2)cn2c(-c3ccc(C(N)=O)c(C4CC4)c3)cnc12. The maximum atomic E-state index is 13.4. The fourth-order valence-corrected chi connectivity index (χ4v) is 6.65. The van der Waals surface area contributed by atoms with Gasteiger partial charge in [0.05, 0.1) is 35.7 Å². The Hall–Kier alpha value is -3.80. The summed E-state index contributed by atoms with van der Waals surface area (Å²) in [4.78, 5) is 21.9. The Labute approximate surface area is 239 Å². The molecule has 10 nitrogen and oxygen atoms in total. The largest absolute Gasteiger partial charge is 0.379 e. The normalized spacial score (nSPS) is 16.4. The van der Waals surface area contributed by atoms with Gasteiger partial charge in [0.15, 0.2) is 11.5 Å². The lowest BCUT2D eigenvalue weighted by molar-refractivity contribution is 0.0730. The third-order valence-electron chi connectivity index (χ3n) is 7.54. The maximum Gasteiger partial charge on any atom is 0.248 e. The van der Waals surface area contributed by atoms with Gasteiger partial charge in [-0.3, -0.25) is 9.20 Å². The minimum atomic E-state index is -3.67. The van der Waals surface area contributed by atoms with Gasteiger partial charge in [0.1, 0.15) is 0 Å². The summed E-state index contributed by atoms with van der Waals surface area (Å²) in [6.45, 7) is 6.35. The van der Waals surface area contributed by atoms with Crippen molar-refractivity contribution in [3.05, 3.63) is 66.0 Å². The highest BCUT2D eigenvalue weighted by Gasteiger charge is 2.29. The monoisotopic (exact) mass is 574 g/mol. The first-order valence-corrected chi connectivity index (χ1v) is 15.4. The molecule has 1 aliphatic heterocycles. The molecular weight excluding hydrogens is 540 g/mol. The van der Waals surface area contributed by atoms with Crippen LogP contribution in [0.15, 0.2) is 59.8 Å². The van der Waals surface area contributed by atoms with Crippen molar-refractivity contribution in [2.24, 2.45) is 11.7 Å². The fourth-order valence-electron chi connectivity index (χ4n) is 5.19.